The molecule has 0 amide bonds. The topological polar surface area (TPSA) is 40.5 Å². The van der Waals surface area contributed by atoms with Crippen LogP contribution in [0.4, 0.5) is 0 Å². The van der Waals surface area contributed by atoms with Crippen molar-refractivity contribution in [3.63, 3.8) is 0 Å². The quantitative estimate of drug-likeness (QED) is 0.735. The van der Waals surface area contributed by atoms with Crippen molar-refractivity contribution in [3.05, 3.63) is 59.2 Å². The van der Waals surface area contributed by atoms with Crippen LogP contribution in [0.25, 0.3) is 0 Å². The number of rotatable bonds is 1. The van der Waals surface area contributed by atoms with Gasteiger partial charge in [0.05, 0.1) is 0 Å². The number of aryl methyl sites for hydroxylation is 2. The predicted octanol–water partition coefficient (Wildman–Crippen LogP) is 5.45. The first kappa shape index (κ1) is 16.4. The van der Waals surface area contributed by atoms with Crippen molar-refractivity contribution in [2.45, 2.75) is 51.9 Å². The van der Waals surface area contributed by atoms with Gasteiger partial charge in [-0.3, -0.25) is 0 Å². The number of phenolic OH excluding ortho intramolecular Hbond substituents is 2. The lowest BCUT2D eigenvalue weighted by molar-refractivity contribution is 0.414. The first-order chi connectivity index (χ1) is 10.6. The number of benzene rings is 2. The zero-order valence-electron chi connectivity index (χ0n) is 13.5. The summed E-state index contributed by atoms with van der Waals surface area (Å²) in [4.78, 5) is 0. The van der Waals surface area contributed by atoms with Crippen molar-refractivity contribution in [1.82, 2.24) is 0 Å². The predicted molar refractivity (Wildman–Crippen MR) is 91.5 cm³/mol. The summed E-state index contributed by atoms with van der Waals surface area (Å²) in [7, 11) is 0. The Labute approximate surface area is 133 Å². The third kappa shape index (κ3) is 4.80. The van der Waals surface area contributed by atoms with Crippen LogP contribution in [0.15, 0.2) is 42.5 Å². The minimum Gasteiger partial charge on any atom is -0.508 e. The molecule has 0 saturated heterocycles. The standard InChI is InChI=1S/C13H18O.C7H8O/c1-10-7-8-13(14)12(9-10)11-5-3-2-4-6-11;1-6-2-4-7(8)5-3-6/h7-9,11,14H,2-6H2,1H3;2-5,8H,1H3. The molecular weight excluding hydrogens is 272 g/mol. The van der Waals surface area contributed by atoms with E-state index in [-0.39, 0.29) is 0 Å². The third-order valence-electron chi connectivity index (χ3n) is 4.26. The zero-order chi connectivity index (χ0) is 15.9. The van der Waals surface area contributed by atoms with Crippen LogP contribution in [-0.4, -0.2) is 10.2 Å². The molecule has 118 valence electrons. The van der Waals surface area contributed by atoms with Gasteiger partial charge in [0.1, 0.15) is 11.5 Å². The second kappa shape index (κ2) is 7.88. The van der Waals surface area contributed by atoms with Gasteiger partial charge >= 0.3 is 0 Å². The molecule has 3 rings (SSSR count). The molecule has 22 heavy (non-hydrogen) atoms. The fraction of sp³-hybridized carbons (Fsp3) is 0.400. The van der Waals surface area contributed by atoms with E-state index in [1.165, 1.54) is 48.8 Å². The second-order valence-electron chi connectivity index (χ2n) is 6.23. The van der Waals surface area contributed by atoms with Crippen LogP contribution in [0, 0.1) is 13.8 Å². The maximum atomic E-state index is 9.79. The monoisotopic (exact) mass is 298 g/mol. The molecule has 0 unspecified atom stereocenters. The summed E-state index contributed by atoms with van der Waals surface area (Å²) in [5.74, 6) is 1.42. The normalized spacial score (nSPS) is 15.0. The van der Waals surface area contributed by atoms with Gasteiger partial charge in [0.2, 0.25) is 0 Å². The Hall–Kier alpha value is -1.96. The molecule has 2 aromatic carbocycles. The minimum atomic E-state index is 0.329. The maximum absolute atomic E-state index is 9.79. The first-order valence-electron chi connectivity index (χ1n) is 8.11. The average molecular weight is 298 g/mol. The van der Waals surface area contributed by atoms with Crippen molar-refractivity contribution in [1.29, 1.82) is 0 Å². The van der Waals surface area contributed by atoms with Gasteiger partial charge < -0.3 is 10.2 Å². The SMILES string of the molecule is Cc1ccc(O)c(C2CCCCC2)c1.Cc1ccc(O)cc1. The number of phenols is 2. The van der Waals surface area contributed by atoms with E-state index in [0.29, 0.717) is 17.4 Å². The zero-order valence-corrected chi connectivity index (χ0v) is 13.5. The molecule has 0 radical (unpaired) electrons. The van der Waals surface area contributed by atoms with Gasteiger partial charge in [0.25, 0.3) is 0 Å². The summed E-state index contributed by atoms with van der Waals surface area (Å²) in [6.45, 7) is 4.07. The van der Waals surface area contributed by atoms with Crippen molar-refractivity contribution in [2.75, 3.05) is 0 Å². The molecule has 2 aromatic rings. The molecule has 0 bridgehead atoms. The molecular formula is C20H26O2. The summed E-state index contributed by atoms with van der Waals surface area (Å²) in [5.41, 5.74) is 3.59. The molecule has 0 aliphatic heterocycles. The highest BCUT2D eigenvalue weighted by molar-refractivity contribution is 5.38. The van der Waals surface area contributed by atoms with Crippen molar-refractivity contribution in [3.8, 4) is 11.5 Å². The van der Waals surface area contributed by atoms with E-state index in [1.54, 1.807) is 12.1 Å². The van der Waals surface area contributed by atoms with Crippen LogP contribution in [0.2, 0.25) is 0 Å². The lowest BCUT2D eigenvalue weighted by Crippen LogP contribution is -2.04. The summed E-state index contributed by atoms with van der Waals surface area (Å²) in [5, 5.41) is 18.5. The summed E-state index contributed by atoms with van der Waals surface area (Å²) >= 11 is 0. The highest BCUT2D eigenvalue weighted by atomic mass is 16.3. The van der Waals surface area contributed by atoms with E-state index in [9.17, 15) is 5.11 Å². The molecule has 0 spiro atoms. The molecule has 0 atom stereocenters. The Balaban J connectivity index is 0.000000188. The largest absolute Gasteiger partial charge is 0.508 e. The molecule has 2 nitrogen and oxygen atoms in total. The average Bonchev–Trinajstić information content (AvgIpc) is 2.54. The van der Waals surface area contributed by atoms with E-state index in [0.717, 1.165) is 0 Å². The molecule has 0 aromatic heterocycles. The molecule has 1 aliphatic rings. The van der Waals surface area contributed by atoms with E-state index >= 15 is 0 Å². The van der Waals surface area contributed by atoms with E-state index in [4.69, 9.17) is 5.11 Å². The summed E-state index contributed by atoms with van der Waals surface area (Å²) in [6, 6.07) is 13.0. The van der Waals surface area contributed by atoms with Gasteiger partial charge in [-0.1, -0.05) is 54.7 Å². The highest BCUT2D eigenvalue weighted by Gasteiger charge is 2.18. The number of hydrogen-bond acceptors (Lipinski definition) is 2. The van der Waals surface area contributed by atoms with Crippen LogP contribution < -0.4 is 0 Å². The van der Waals surface area contributed by atoms with Crippen LogP contribution in [-0.2, 0) is 0 Å². The lowest BCUT2D eigenvalue weighted by atomic mass is 9.83. The molecule has 0 heterocycles. The molecule has 1 aliphatic carbocycles. The Kier molecular flexibility index (Phi) is 5.88. The Morgan fingerprint density at radius 3 is 1.95 bits per heavy atom. The van der Waals surface area contributed by atoms with E-state index in [1.807, 2.05) is 31.2 Å². The first-order valence-corrected chi connectivity index (χ1v) is 8.11. The molecule has 1 saturated carbocycles. The third-order valence-corrected chi connectivity index (χ3v) is 4.26. The Morgan fingerprint density at radius 2 is 1.36 bits per heavy atom. The number of hydrogen-bond donors (Lipinski definition) is 2. The minimum absolute atomic E-state index is 0.329. The van der Waals surface area contributed by atoms with E-state index in [2.05, 4.69) is 13.0 Å². The van der Waals surface area contributed by atoms with Gasteiger partial charge in [0.15, 0.2) is 0 Å². The van der Waals surface area contributed by atoms with Crippen molar-refractivity contribution in [2.24, 2.45) is 0 Å². The van der Waals surface area contributed by atoms with Gasteiger partial charge in [0, 0.05) is 0 Å². The number of aromatic hydroxyl groups is 2. The van der Waals surface area contributed by atoms with Crippen LogP contribution >= 0.6 is 0 Å². The van der Waals surface area contributed by atoms with E-state index < -0.39 is 0 Å². The van der Waals surface area contributed by atoms with Gasteiger partial charge in [-0.15, -0.1) is 0 Å². The Morgan fingerprint density at radius 1 is 0.773 bits per heavy atom. The fourth-order valence-corrected chi connectivity index (χ4v) is 2.96. The maximum Gasteiger partial charge on any atom is 0.119 e. The fourth-order valence-electron chi connectivity index (χ4n) is 2.96. The van der Waals surface area contributed by atoms with Crippen LogP contribution in [0.5, 0.6) is 11.5 Å². The highest BCUT2D eigenvalue weighted by Crippen LogP contribution is 2.37. The second-order valence-corrected chi connectivity index (χ2v) is 6.23. The lowest BCUT2D eigenvalue weighted by Gasteiger charge is -2.23. The Bertz CT molecular complexity index is 560. The smallest absolute Gasteiger partial charge is 0.119 e. The van der Waals surface area contributed by atoms with Crippen molar-refractivity contribution < 1.29 is 10.2 Å². The summed E-state index contributed by atoms with van der Waals surface area (Å²) in [6.07, 6.45) is 6.49. The van der Waals surface area contributed by atoms with Gasteiger partial charge in [-0.05, 0) is 56.4 Å². The van der Waals surface area contributed by atoms with Gasteiger partial charge in [-0.25, -0.2) is 0 Å². The molecule has 1 fully saturated rings. The van der Waals surface area contributed by atoms with Crippen molar-refractivity contribution >= 4 is 0 Å². The molecule has 2 heteroatoms. The van der Waals surface area contributed by atoms with Gasteiger partial charge in [-0.2, -0.15) is 0 Å². The van der Waals surface area contributed by atoms with Crippen LogP contribution in [0.3, 0.4) is 0 Å². The molecule has 2 N–H and O–H groups in total. The van der Waals surface area contributed by atoms with Crippen LogP contribution in [0.1, 0.15) is 54.7 Å². The summed E-state index contributed by atoms with van der Waals surface area (Å²) < 4.78 is 0.